The van der Waals surface area contributed by atoms with Crippen molar-refractivity contribution in [3.8, 4) is 0 Å². The summed E-state index contributed by atoms with van der Waals surface area (Å²) in [5.41, 5.74) is 8.75. The van der Waals surface area contributed by atoms with Crippen molar-refractivity contribution in [3.63, 3.8) is 0 Å². The Hall–Kier alpha value is -2.25. The summed E-state index contributed by atoms with van der Waals surface area (Å²) >= 11 is 0. The average Bonchev–Trinajstić information content (AvgIpc) is 2.98. The van der Waals surface area contributed by atoms with Crippen molar-refractivity contribution in [1.82, 2.24) is 15.5 Å². The smallest absolute Gasteiger partial charge is 0.255 e. The van der Waals surface area contributed by atoms with Crippen molar-refractivity contribution in [3.05, 3.63) is 34.9 Å². The summed E-state index contributed by atoms with van der Waals surface area (Å²) in [5.74, 6) is -0.232. The van der Waals surface area contributed by atoms with E-state index in [-0.39, 0.29) is 29.6 Å². The van der Waals surface area contributed by atoms with E-state index in [1.807, 2.05) is 18.2 Å². The van der Waals surface area contributed by atoms with Crippen LogP contribution in [0.3, 0.4) is 0 Å². The molecule has 7 heteroatoms. The molecule has 1 saturated carbocycles. The van der Waals surface area contributed by atoms with E-state index in [4.69, 9.17) is 5.73 Å². The number of nitrogens with two attached hydrogens (primary N) is 1. The molecule has 3 amide bonds. The number of hydrogen-bond acceptors (Lipinski definition) is 5. The van der Waals surface area contributed by atoms with Gasteiger partial charge in [-0.3, -0.25) is 19.7 Å². The first kappa shape index (κ1) is 19.1. The van der Waals surface area contributed by atoms with Crippen LogP contribution >= 0.6 is 0 Å². The maximum absolute atomic E-state index is 12.9. The molecule has 150 valence electrons. The fourth-order valence-electron chi connectivity index (χ4n) is 4.81. The Bertz CT molecular complexity index is 835. The topological polar surface area (TPSA) is 105 Å². The number of carbonyl (C=O) groups excluding carboxylic acids is 3. The third kappa shape index (κ3) is 3.02. The van der Waals surface area contributed by atoms with Gasteiger partial charge in [-0.15, -0.1) is 0 Å². The molecule has 2 aliphatic heterocycles. The number of nitrogens with one attached hydrogen (secondary N) is 2. The third-order valence-corrected chi connectivity index (χ3v) is 6.97. The average molecular weight is 384 g/mol. The fraction of sp³-hybridized carbons (Fsp3) is 0.571. The van der Waals surface area contributed by atoms with Crippen LogP contribution < -0.4 is 16.4 Å². The fourth-order valence-corrected chi connectivity index (χ4v) is 4.81. The summed E-state index contributed by atoms with van der Waals surface area (Å²) in [5, 5.41) is 5.98. The van der Waals surface area contributed by atoms with Gasteiger partial charge in [0, 0.05) is 31.1 Å². The van der Waals surface area contributed by atoms with Crippen LogP contribution in [0.25, 0.3) is 0 Å². The lowest BCUT2D eigenvalue weighted by atomic mass is 9.58. The summed E-state index contributed by atoms with van der Waals surface area (Å²) in [7, 11) is 0. The molecule has 1 aromatic rings. The van der Waals surface area contributed by atoms with E-state index in [2.05, 4.69) is 24.5 Å². The van der Waals surface area contributed by atoms with Crippen LogP contribution in [0.15, 0.2) is 18.2 Å². The monoisotopic (exact) mass is 384 g/mol. The van der Waals surface area contributed by atoms with Crippen LogP contribution in [0, 0.1) is 11.3 Å². The summed E-state index contributed by atoms with van der Waals surface area (Å²) < 4.78 is 0. The molecule has 0 aromatic heterocycles. The Kier molecular flexibility index (Phi) is 4.75. The largest absolute Gasteiger partial charge is 0.330 e. The van der Waals surface area contributed by atoms with Crippen LogP contribution in [-0.2, 0) is 22.7 Å². The van der Waals surface area contributed by atoms with E-state index in [0.29, 0.717) is 43.6 Å². The van der Waals surface area contributed by atoms with Gasteiger partial charge >= 0.3 is 0 Å². The van der Waals surface area contributed by atoms with E-state index < -0.39 is 6.04 Å². The van der Waals surface area contributed by atoms with Crippen molar-refractivity contribution < 1.29 is 14.4 Å². The minimum absolute atomic E-state index is 0.126. The van der Waals surface area contributed by atoms with Gasteiger partial charge in [0.2, 0.25) is 11.8 Å². The number of rotatable bonds is 5. The maximum atomic E-state index is 12.9. The van der Waals surface area contributed by atoms with Gasteiger partial charge in [0.25, 0.3) is 5.91 Å². The highest BCUT2D eigenvalue weighted by molar-refractivity contribution is 6.05. The first-order chi connectivity index (χ1) is 13.3. The summed E-state index contributed by atoms with van der Waals surface area (Å²) in [6.45, 7) is 6.30. The van der Waals surface area contributed by atoms with Crippen LogP contribution in [-0.4, -0.2) is 41.2 Å². The predicted octanol–water partition coefficient (Wildman–Crippen LogP) is 0.911. The van der Waals surface area contributed by atoms with Gasteiger partial charge in [0.15, 0.2) is 0 Å². The van der Waals surface area contributed by atoms with Crippen LogP contribution in [0.2, 0.25) is 0 Å². The minimum atomic E-state index is -0.575. The number of hydrogen-bond donors (Lipinski definition) is 3. The highest BCUT2D eigenvalue weighted by Crippen LogP contribution is 2.45. The van der Waals surface area contributed by atoms with E-state index in [1.54, 1.807) is 4.90 Å². The highest BCUT2D eigenvalue weighted by Gasteiger charge is 2.47. The molecule has 3 aliphatic rings. The lowest BCUT2D eigenvalue weighted by Crippen LogP contribution is -2.58. The molecule has 1 saturated heterocycles. The molecule has 4 N–H and O–H groups in total. The second-order valence-electron chi connectivity index (χ2n) is 8.77. The van der Waals surface area contributed by atoms with E-state index in [0.717, 1.165) is 17.5 Å². The molecule has 1 aliphatic carbocycles. The lowest BCUT2D eigenvalue weighted by Gasteiger charge is -2.52. The highest BCUT2D eigenvalue weighted by atomic mass is 16.2. The molecular weight excluding hydrogens is 356 g/mol. The molecule has 7 nitrogen and oxygen atoms in total. The third-order valence-electron chi connectivity index (χ3n) is 6.97. The van der Waals surface area contributed by atoms with Gasteiger partial charge in [-0.05, 0) is 47.9 Å². The second kappa shape index (κ2) is 6.97. The normalized spacial score (nSPS) is 28.8. The molecule has 0 bridgehead atoms. The first-order valence-corrected chi connectivity index (χ1v) is 10.0. The van der Waals surface area contributed by atoms with Gasteiger partial charge < -0.3 is 16.0 Å². The Morgan fingerprint density at radius 2 is 2.07 bits per heavy atom. The number of benzene rings is 1. The molecule has 0 radical (unpaired) electrons. The van der Waals surface area contributed by atoms with Gasteiger partial charge in [0.1, 0.15) is 6.04 Å². The van der Waals surface area contributed by atoms with Crippen molar-refractivity contribution >= 4 is 17.7 Å². The quantitative estimate of drug-likeness (QED) is 0.655. The molecule has 2 heterocycles. The van der Waals surface area contributed by atoms with Gasteiger partial charge in [-0.2, -0.15) is 0 Å². The summed E-state index contributed by atoms with van der Waals surface area (Å²) in [6.07, 6.45) is 1.72. The molecule has 2 fully saturated rings. The van der Waals surface area contributed by atoms with E-state index in [1.165, 1.54) is 0 Å². The summed E-state index contributed by atoms with van der Waals surface area (Å²) in [6, 6.07) is 5.59. The zero-order valence-corrected chi connectivity index (χ0v) is 16.5. The molecule has 0 spiro atoms. The molecular formula is C21H28N4O3. The van der Waals surface area contributed by atoms with Crippen molar-refractivity contribution in [2.45, 2.75) is 58.3 Å². The maximum Gasteiger partial charge on any atom is 0.255 e. The number of carbonyl (C=O) groups is 3. The second-order valence-corrected chi connectivity index (χ2v) is 8.77. The molecule has 3 atom stereocenters. The van der Waals surface area contributed by atoms with Crippen LogP contribution in [0.5, 0.6) is 0 Å². The Labute approximate surface area is 165 Å². The van der Waals surface area contributed by atoms with Crippen LogP contribution in [0.4, 0.5) is 0 Å². The van der Waals surface area contributed by atoms with Gasteiger partial charge in [-0.1, -0.05) is 26.0 Å². The SMILES string of the molecule is CC1(C)C(CN)CC1NCc1cccc2c1CN(C1CCC(=O)NC1=O)C2=O. The van der Waals surface area contributed by atoms with Crippen molar-refractivity contribution in [2.24, 2.45) is 17.1 Å². The van der Waals surface area contributed by atoms with E-state index in [9.17, 15) is 14.4 Å². The number of amides is 3. The Morgan fingerprint density at radius 1 is 1.29 bits per heavy atom. The molecule has 3 unspecified atom stereocenters. The Balaban J connectivity index is 1.48. The van der Waals surface area contributed by atoms with E-state index >= 15 is 0 Å². The first-order valence-electron chi connectivity index (χ1n) is 10.0. The predicted molar refractivity (Wildman–Crippen MR) is 104 cm³/mol. The molecule has 1 aromatic carbocycles. The van der Waals surface area contributed by atoms with Crippen molar-refractivity contribution in [2.75, 3.05) is 6.54 Å². The summed E-state index contributed by atoms with van der Waals surface area (Å²) in [4.78, 5) is 38.1. The van der Waals surface area contributed by atoms with Crippen LogP contribution in [0.1, 0.15) is 54.6 Å². The number of nitrogens with zero attached hydrogens (tertiary/aromatic N) is 1. The number of imide groups is 1. The molecule has 4 rings (SSSR count). The van der Waals surface area contributed by atoms with Crippen molar-refractivity contribution in [1.29, 1.82) is 0 Å². The zero-order valence-electron chi connectivity index (χ0n) is 16.5. The Morgan fingerprint density at radius 3 is 2.75 bits per heavy atom. The zero-order chi connectivity index (χ0) is 20.1. The minimum Gasteiger partial charge on any atom is -0.330 e. The number of fused-ring (bicyclic) bond motifs is 1. The van der Waals surface area contributed by atoms with Gasteiger partial charge in [-0.25, -0.2) is 0 Å². The lowest BCUT2D eigenvalue weighted by molar-refractivity contribution is -0.136. The van der Waals surface area contributed by atoms with Gasteiger partial charge in [0.05, 0.1) is 0 Å². The standard InChI is InChI=1S/C21H28N4O3/c1-21(2)13(9-22)8-17(21)23-10-12-4-3-5-14-15(12)11-25(20(14)28)16-6-7-18(26)24-19(16)27/h3-5,13,16-17,23H,6-11,22H2,1-2H3,(H,24,26,27). The molecule has 28 heavy (non-hydrogen) atoms. The number of piperidine rings is 1.